The zero-order valence-corrected chi connectivity index (χ0v) is 23.0. The first-order valence-corrected chi connectivity index (χ1v) is 15.3. The average Bonchev–Trinajstić information content (AvgIpc) is 3.48. The van der Waals surface area contributed by atoms with E-state index in [2.05, 4.69) is 20.5 Å². The lowest BCUT2D eigenvalue weighted by molar-refractivity contribution is -0.157. The first-order chi connectivity index (χ1) is 17.2. The molecule has 4 N–H and O–H groups in total. The van der Waals surface area contributed by atoms with Crippen molar-refractivity contribution >= 4 is 86.8 Å². The van der Waals surface area contributed by atoms with Crippen LogP contribution in [0.5, 0.6) is 0 Å². The quantitative estimate of drug-likeness (QED) is 0.192. The summed E-state index contributed by atoms with van der Waals surface area (Å²) in [5.41, 5.74) is 4.96. The fourth-order valence-electron chi connectivity index (χ4n) is 3.54. The first kappa shape index (κ1) is 27.0. The second-order valence-corrected chi connectivity index (χ2v) is 13.3. The largest absolute Gasteiger partial charge is 0.481 e. The summed E-state index contributed by atoms with van der Waals surface area (Å²) in [6, 6.07) is -0.694. The summed E-state index contributed by atoms with van der Waals surface area (Å²) in [5, 5.41) is 22.6. The Morgan fingerprint density at radius 3 is 2.75 bits per heavy atom. The van der Waals surface area contributed by atoms with E-state index in [1.54, 1.807) is 12.3 Å². The number of nitrogens with zero attached hydrogens (tertiary/aromatic N) is 4. The molecular formula is C19H22N6O6S5. The van der Waals surface area contributed by atoms with E-state index in [0.717, 1.165) is 0 Å². The number of hydrogen-bond donors (Lipinski definition) is 3. The molecule has 3 atom stereocenters. The van der Waals surface area contributed by atoms with Crippen molar-refractivity contribution in [2.75, 3.05) is 36.1 Å². The molecule has 0 bridgehead atoms. The lowest BCUT2D eigenvalue weighted by Crippen LogP contribution is -2.74. The van der Waals surface area contributed by atoms with Gasteiger partial charge in [-0.15, -0.1) is 33.3 Å². The Balaban J connectivity index is 1.30. The van der Waals surface area contributed by atoms with Crippen molar-refractivity contribution < 1.29 is 29.0 Å². The maximum Gasteiger partial charge on any atom is 0.316 e. The number of fused-ring (bicyclic) bond motifs is 1. The number of esters is 1. The van der Waals surface area contributed by atoms with Crippen molar-refractivity contribution in [3.05, 3.63) is 11.1 Å². The number of carboxylic acids is 1. The van der Waals surface area contributed by atoms with Crippen molar-refractivity contribution in [2.45, 2.75) is 33.4 Å². The van der Waals surface area contributed by atoms with Crippen LogP contribution in [0.3, 0.4) is 0 Å². The van der Waals surface area contributed by atoms with E-state index in [1.807, 2.05) is 0 Å². The summed E-state index contributed by atoms with van der Waals surface area (Å²) in [6.07, 6.45) is 0.0203. The van der Waals surface area contributed by atoms with Gasteiger partial charge in [-0.2, -0.15) is 0 Å². The van der Waals surface area contributed by atoms with Crippen LogP contribution >= 0.6 is 58.0 Å². The van der Waals surface area contributed by atoms with Crippen LogP contribution in [0.4, 0.5) is 5.13 Å². The number of aliphatic carboxylic acids is 1. The minimum atomic E-state index is -1.17. The Morgan fingerprint density at radius 1 is 1.33 bits per heavy atom. The van der Waals surface area contributed by atoms with Gasteiger partial charge in [0.05, 0.1) is 24.5 Å². The highest BCUT2D eigenvalue weighted by atomic mass is 32.2. The van der Waals surface area contributed by atoms with Gasteiger partial charge in [0.15, 0.2) is 13.8 Å². The van der Waals surface area contributed by atoms with Crippen molar-refractivity contribution in [3.8, 4) is 0 Å². The van der Waals surface area contributed by atoms with Crippen LogP contribution in [0.1, 0.15) is 12.6 Å². The number of nitrogens with two attached hydrogens (primary N) is 1. The zero-order valence-electron chi connectivity index (χ0n) is 18.9. The second kappa shape index (κ2) is 11.5. The number of ether oxygens (including phenoxy) is 1. The molecule has 2 fully saturated rings. The molecule has 0 radical (unpaired) electrons. The number of amides is 2. The average molecular weight is 591 g/mol. The maximum absolute atomic E-state index is 12.8. The second-order valence-electron chi connectivity index (χ2n) is 7.87. The minimum Gasteiger partial charge on any atom is -0.481 e. The normalized spacial score (nSPS) is 23.0. The Hall–Kier alpha value is -2.08. The smallest absolute Gasteiger partial charge is 0.316 e. The molecule has 17 heteroatoms. The third-order valence-electron chi connectivity index (χ3n) is 5.30. The minimum absolute atomic E-state index is 0.0203. The van der Waals surface area contributed by atoms with Crippen LogP contribution in [0, 0.1) is 5.41 Å². The molecule has 0 aliphatic carbocycles. The highest BCUT2D eigenvalue weighted by Gasteiger charge is 2.57. The van der Waals surface area contributed by atoms with Crippen LogP contribution in [0.2, 0.25) is 0 Å². The first-order valence-electron chi connectivity index (χ1n) is 10.6. The molecule has 12 nitrogen and oxygen atoms in total. The van der Waals surface area contributed by atoms with E-state index in [1.165, 1.54) is 62.9 Å². The van der Waals surface area contributed by atoms with Crippen LogP contribution in [-0.2, 0) is 30.3 Å². The monoisotopic (exact) mass is 590 g/mol. The van der Waals surface area contributed by atoms with Gasteiger partial charge in [-0.25, -0.2) is 4.98 Å². The van der Waals surface area contributed by atoms with E-state index in [4.69, 9.17) is 10.5 Å². The van der Waals surface area contributed by atoms with Crippen LogP contribution in [0.25, 0.3) is 0 Å². The number of carboxylic acid groups (broad SMARTS) is 1. The summed E-state index contributed by atoms with van der Waals surface area (Å²) in [5.74, 6) is -1.37. The summed E-state index contributed by atoms with van der Waals surface area (Å²) in [6.45, 7) is 2.09. The summed E-state index contributed by atoms with van der Waals surface area (Å²) in [7, 11) is 0. The molecule has 0 aromatic carbocycles. The number of aromatic nitrogens is 3. The molecule has 2 aromatic rings. The predicted molar refractivity (Wildman–Crippen MR) is 138 cm³/mol. The van der Waals surface area contributed by atoms with E-state index < -0.39 is 17.4 Å². The standard InChI is InChI=1S/C19H22N6O6S5/c1-2-31-11(27)5-33-17-23-24-18(36-17)35-8-19(15(29)30)6-25-13(28)12(14(25)34-7-19)22-10(26)3-9-4-32-16(20)21-9/h4,12,14H,2-3,5-8H2,1H3,(H2,20,21)(H,22,26)(H,29,30)/t12?,14-,19?/m1/s1. The van der Waals surface area contributed by atoms with E-state index in [9.17, 15) is 24.3 Å². The molecule has 4 heterocycles. The lowest BCUT2D eigenvalue weighted by atomic mass is 9.89. The van der Waals surface area contributed by atoms with Gasteiger partial charge in [0.2, 0.25) is 11.8 Å². The molecule has 2 aliphatic rings. The molecule has 4 rings (SSSR count). The Morgan fingerprint density at radius 2 is 2.08 bits per heavy atom. The van der Waals surface area contributed by atoms with Gasteiger partial charge >= 0.3 is 11.9 Å². The van der Waals surface area contributed by atoms with Gasteiger partial charge in [-0.05, 0) is 6.92 Å². The predicted octanol–water partition coefficient (Wildman–Crippen LogP) is 1.04. The fraction of sp³-hybridized carbons (Fsp3) is 0.526. The van der Waals surface area contributed by atoms with Crippen LogP contribution < -0.4 is 11.1 Å². The van der Waals surface area contributed by atoms with E-state index in [0.29, 0.717) is 26.1 Å². The van der Waals surface area contributed by atoms with E-state index >= 15 is 0 Å². The molecule has 194 valence electrons. The van der Waals surface area contributed by atoms with Gasteiger partial charge in [0, 0.05) is 23.4 Å². The molecule has 2 aromatic heterocycles. The number of nitrogens with one attached hydrogen (secondary N) is 1. The number of hydrogen-bond acceptors (Lipinski definition) is 14. The van der Waals surface area contributed by atoms with E-state index in [-0.39, 0.29) is 53.4 Å². The van der Waals surface area contributed by atoms with Gasteiger partial charge in [-0.1, -0.05) is 34.9 Å². The zero-order chi connectivity index (χ0) is 25.9. The summed E-state index contributed by atoms with van der Waals surface area (Å²) >= 11 is 6.33. The number of carbonyl (C=O) groups is 4. The molecule has 36 heavy (non-hydrogen) atoms. The molecule has 2 amide bonds. The maximum atomic E-state index is 12.8. The molecule has 2 saturated heterocycles. The van der Waals surface area contributed by atoms with Crippen molar-refractivity contribution in [1.82, 2.24) is 25.4 Å². The highest BCUT2D eigenvalue weighted by Crippen LogP contribution is 2.45. The number of thiazole rings is 1. The van der Waals surface area contributed by atoms with Gasteiger partial charge in [0.1, 0.15) is 16.8 Å². The number of rotatable bonds is 11. The number of β-lactam (4-membered cyclic amide) rings is 1. The van der Waals surface area contributed by atoms with Crippen LogP contribution in [-0.4, -0.2) is 90.8 Å². The summed E-state index contributed by atoms with van der Waals surface area (Å²) in [4.78, 5) is 54.4. The lowest BCUT2D eigenvalue weighted by Gasteiger charge is -2.53. The molecule has 0 spiro atoms. The van der Waals surface area contributed by atoms with Crippen molar-refractivity contribution in [1.29, 1.82) is 0 Å². The molecule has 2 aliphatic heterocycles. The number of carbonyl (C=O) groups excluding carboxylic acids is 3. The SMILES string of the molecule is CCOC(=O)CSc1nnc(SCC2(C(=O)O)CS[C@@H]3C(NC(=O)Cc4csc(N)n4)C(=O)N3C2)s1. The van der Waals surface area contributed by atoms with Crippen molar-refractivity contribution in [2.24, 2.45) is 5.41 Å². The van der Waals surface area contributed by atoms with Crippen molar-refractivity contribution in [3.63, 3.8) is 0 Å². The topological polar surface area (TPSA) is 178 Å². The molecule has 0 saturated carbocycles. The number of thioether (sulfide) groups is 3. The Bertz CT molecular complexity index is 1160. The fourth-order valence-corrected chi connectivity index (χ4v) is 8.78. The molecular weight excluding hydrogens is 569 g/mol. The van der Waals surface area contributed by atoms with Gasteiger partial charge in [0.25, 0.3) is 0 Å². The summed E-state index contributed by atoms with van der Waals surface area (Å²) < 4.78 is 6.06. The van der Waals surface area contributed by atoms with Gasteiger partial charge < -0.3 is 25.8 Å². The van der Waals surface area contributed by atoms with Gasteiger partial charge in [-0.3, -0.25) is 19.2 Å². The molecule has 2 unspecified atom stereocenters. The highest BCUT2D eigenvalue weighted by molar-refractivity contribution is 8.03. The Kier molecular flexibility index (Phi) is 8.64. The Labute approximate surface area is 226 Å². The number of nitrogen functional groups attached to an aromatic ring is 1. The number of anilines is 1. The third kappa shape index (κ3) is 6.07. The van der Waals surface area contributed by atoms with Crippen LogP contribution in [0.15, 0.2) is 14.1 Å². The third-order valence-corrected chi connectivity index (χ3v) is 11.1.